The molecule has 69 heavy (non-hydrogen) atoms. The van der Waals surface area contributed by atoms with Gasteiger partial charge in [-0.15, -0.1) is 35.1 Å². The molecule has 2 aliphatic rings. The molecule has 6 heterocycles. The molecule has 4 aromatic heterocycles. The van der Waals surface area contributed by atoms with E-state index in [-0.39, 0.29) is 108 Å². The van der Waals surface area contributed by atoms with E-state index in [1.54, 1.807) is 21.0 Å². The molecule has 4 radical (unpaired) electrons. The van der Waals surface area contributed by atoms with Gasteiger partial charge in [-0.25, -0.2) is 14.5 Å². The molecule has 0 saturated carbocycles. The van der Waals surface area contributed by atoms with E-state index >= 15 is 0 Å². The van der Waals surface area contributed by atoms with E-state index in [9.17, 15) is 0 Å². The van der Waals surface area contributed by atoms with Gasteiger partial charge in [0.25, 0.3) is 0 Å². The van der Waals surface area contributed by atoms with Crippen LogP contribution in [0.2, 0.25) is 0 Å². The molecule has 0 atom stereocenters. The number of rotatable bonds is 3. The van der Waals surface area contributed by atoms with Crippen LogP contribution in [0.15, 0.2) is 97.6 Å². The van der Waals surface area contributed by atoms with Crippen molar-refractivity contribution >= 4 is 78.2 Å². The van der Waals surface area contributed by atoms with Crippen LogP contribution >= 0.6 is 19.2 Å². The fourth-order valence-electron chi connectivity index (χ4n) is 6.38. The van der Waals surface area contributed by atoms with Gasteiger partial charge in [0.1, 0.15) is 22.8 Å². The molecular weight excluding hydrogens is 1860 g/mol. The van der Waals surface area contributed by atoms with E-state index in [1.807, 2.05) is 58.9 Å². The second-order valence-electron chi connectivity index (χ2n) is 14.2. The molecule has 0 unspecified atom stereocenters. The van der Waals surface area contributed by atoms with E-state index < -0.39 is 15.7 Å². The van der Waals surface area contributed by atoms with Crippen LogP contribution in [-0.4, -0.2) is 42.2 Å². The molecule has 1 N–H and O–H groups in total. The Balaban J connectivity index is -0.000000414. The van der Waals surface area contributed by atoms with Gasteiger partial charge in [0.2, 0.25) is 12.0 Å². The van der Waals surface area contributed by atoms with Gasteiger partial charge in [-0.2, -0.15) is 63.6 Å². The average molecular weight is 1920 g/mol. The topological polar surface area (TPSA) is 113 Å². The van der Waals surface area contributed by atoms with Crippen LogP contribution in [0.5, 0.6) is 0 Å². The molecule has 22 heteroatoms. The number of aromatic nitrogens is 5. The number of imidazole rings is 1. The first kappa shape index (κ1) is 69.2. The van der Waals surface area contributed by atoms with E-state index in [1.165, 1.54) is 33.3 Å². The molecule has 12 nitrogen and oxygen atoms in total. The predicted molar refractivity (Wildman–Crippen MR) is 243 cm³/mol. The van der Waals surface area contributed by atoms with Gasteiger partial charge < -0.3 is 59.0 Å². The van der Waals surface area contributed by atoms with Crippen molar-refractivity contribution in [2.45, 2.75) is 41.5 Å². The number of halogens is 4. The summed E-state index contributed by atoms with van der Waals surface area (Å²) >= 11 is 1.14. The Morgan fingerprint density at radius 2 is 1.10 bits per heavy atom. The summed E-state index contributed by atoms with van der Waals surface area (Å²) in [5.74, 6) is 1.92. The number of pyridine rings is 3. The number of anilines is 6. The number of fused-ring (bicyclic) bond motifs is 3. The van der Waals surface area contributed by atoms with Gasteiger partial charge in [-0.1, -0.05) is 38.5 Å². The van der Waals surface area contributed by atoms with Crippen molar-refractivity contribution in [3.8, 4) is 5.69 Å². The summed E-state index contributed by atoms with van der Waals surface area (Å²) in [4.78, 5) is 37.3. The minimum absolute atomic E-state index is 0. The molecule has 7 aromatic rings. The average Bonchev–Trinajstić information content (AvgIpc) is 3.92. The second kappa shape index (κ2) is 37.8. The Labute approximate surface area is 506 Å². The first-order chi connectivity index (χ1) is 31.2. The van der Waals surface area contributed by atoms with E-state index in [0.29, 0.717) is 0 Å². The van der Waals surface area contributed by atoms with E-state index in [2.05, 4.69) is 177 Å². The van der Waals surface area contributed by atoms with Crippen LogP contribution in [0.1, 0.15) is 36.1 Å². The summed E-state index contributed by atoms with van der Waals surface area (Å²) in [5, 5.41) is 0. The molecule has 0 fully saturated rings. The number of nitrogens with zero attached hydrogens (tertiary/aromatic N) is 8. The zero-order chi connectivity index (χ0) is 48.2. The van der Waals surface area contributed by atoms with E-state index in [0.717, 1.165) is 64.8 Å². The molecule has 9 rings (SSSR count). The standard InChI is InChI=1S/C15H16N3.2C15H15N3.2CHO.2Ag.4ClH.4Ir.O/c3*1-11-4-6-13(7-5-11)18-10-17(3)14-8-12(2)9-16-15(14)18;2*1-2;;;;;;;;;;;/h4-8,10,16H,1-3H3;2*4-6,8-10H,1-3H3;2*1H;;;4*1H;;;;;/q+1;2*-2;2*-1;;;;;;;;;;+3;/p-4/i;;;2*1D;;;;;;;;;;;. The molecule has 3 aromatic carbocycles. The van der Waals surface area contributed by atoms with Gasteiger partial charge in [-0.05, 0) is 70.3 Å². The summed E-state index contributed by atoms with van der Waals surface area (Å²) in [7, 11) is 15.9. The maximum absolute atomic E-state index is 8.35. The molecule has 0 spiro atoms. The molecule has 0 aliphatic carbocycles. The zero-order valence-electron chi connectivity index (χ0n) is 40.1. The van der Waals surface area contributed by atoms with Crippen LogP contribution in [-0.2, 0) is 139 Å². The number of carbonyl (C=O) groups excluding carboxylic acids is 2. The Morgan fingerprint density at radius 1 is 0.710 bits per heavy atom. The Bertz CT molecular complexity index is 2510. The van der Waals surface area contributed by atoms with E-state index in [4.69, 9.17) is 34.7 Å². The van der Waals surface area contributed by atoms with Crippen molar-refractivity contribution < 1.29 is 169 Å². The van der Waals surface area contributed by atoms with Crippen molar-refractivity contribution in [1.82, 2.24) is 14.5 Å². The van der Waals surface area contributed by atoms with Gasteiger partial charge in [-0.3, -0.25) is 18.1 Å². The van der Waals surface area contributed by atoms with Crippen LogP contribution < -0.4 is 54.0 Å². The number of hydrogen-bond acceptors (Lipinski definition) is 9. The quantitative estimate of drug-likeness (QED) is 0.114. The van der Waals surface area contributed by atoms with Gasteiger partial charge in [0, 0.05) is 113 Å². The fraction of sp³-hybridized carbons (Fsp3) is 0.191. The molecule has 2 aliphatic heterocycles. The number of H-pyrrole nitrogens is 1. The molecule has 0 bridgehead atoms. The first-order valence-corrected chi connectivity index (χ1v) is 25.3. The molecule has 391 valence electrons. The van der Waals surface area contributed by atoms with Gasteiger partial charge in [0.15, 0.2) is 0 Å². The Kier molecular flexibility index (Phi) is 38.0. The molecule has 0 saturated heterocycles. The third-order valence-corrected chi connectivity index (χ3v) is 9.38. The van der Waals surface area contributed by atoms with Gasteiger partial charge in [0.05, 0.1) is 7.05 Å². The number of aryl methyl sites for hydroxylation is 7. The maximum atomic E-state index is 8.35. The van der Waals surface area contributed by atoms with Crippen LogP contribution in [0.3, 0.4) is 0 Å². The summed E-state index contributed by atoms with van der Waals surface area (Å²) in [6.07, 6.45) is 9.02. The zero-order valence-corrected chi connectivity index (χ0v) is 53.7. The van der Waals surface area contributed by atoms with Gasteiger partial charge >= 0.3 is 59.1 Å². The Morgan fingerprint density at radius 3 is 1.48 bits per heavy atom. The van der Waals surface area contributed by atoms with Crippen molar-refractivity contribution in [3.05, 3.63) is 163 Å². The minimum atomic E-state index is -0.556. The summed E-state index contributed by atoms with van der Waals surface area (Å²) in [5.41, 5.74) is 14.8. The van der Waals surface area contributed by atoms with Crippen molar-refractivity contribution in [2.75, 3.05) is 33.7 Å². The Hall–Kier alpha value is -1.84. The monoisotopic (exact) mass is 1910 g/mol. The molecular formula is C47H48Ag2Cl4Ir4N9O3-6. The fourth-order valence-corrected chi connectivity index (χ4v) is 6.38. The summed E-state index contributed by atoms with van der Waals surface area (Å²) in [6, 6.07) is 33.8. The van der Waals surface area contributed by atoms with Crippen molar-refractivity contribution in [2.24, 2.45) is 7.05 Å². The second-order valence-corrected chi connectivity index (χ2v) is 17.7. The van der Waals surface area contributed by atoms with Crippen LogP contribution in [0.25, 0.3) is 16.9 Å². The van der Waals surface area contributed by atoms with Crippen LogP contribution in [0, 0.1) is 73.2 Å². The van der Waals surface area contributed by atoms with Crippen molar-refractivity contribution in [3.63, 3.8) is 0 Å². The number of benzene rings is 3. The predicted octanol–water partition coefficient (Wildman–Crippen LogP) is 2.80. The first-order valence-electron chi connectivity index (χ1n) is 19.8. The summed E-state index contributed by atoms with van der Waals surface area (Å²) in [6.45, 7) is 18.0. The normalized spacial score (nSPS) is 11.0. The SMILES string of the molecule is Cc1[c-][nH+]c2c(c1)[n+](C)cn2-c1ccc(C)cc1.Cc1c[c-]c(N2[CH-]N(C)c3cc(C)cnc32)cc1.Cc1c[c-]c(N2[CH-]N(C)c3cc(C)cnc32)cc1.[2H][C-]=O.[2H][C-]=O.[Ag].[Cl-].[Cl-].[Cl][Ir+][Cl].[Ir].[Ir].[Ir].[O]=[Ag]. The third kappa shape index (κ3) is 20.5. The number of nitrogens with one attached hydrogen (secondary N) is 1. The number of aromatic amines is 1. The summed E-state index contributed by atoms with van der Waals surface area (Å²) < 4.78 is 23.1. The van der Waals surface area contributed by atoms with Crippen LogP contribution in [0.4, 0.5) is 34.4 Å². The molecule has 0 amide bonds. The third-order valence-electron chi connectivity index (χ3n) is 9.38. The van der Waals surface area contributed by atoms with Crippen molar-refractivity contribution in [1.29, 1.82) is 0 Å². The number of hydrogen-bond donors (Lipinski definition) is 0.